The molecule has 0 radical (unpaired) electrons. The van der Waals surface area contributed by atoms with Crippen molar-refractivity contribution in [3.05, 3.63) is 84.9 Å². The van der Waals surface area contributed by atoms with Gasteiger partial charge < -0.3 is 0 Å². The van der Waals surface area contributed by atoms with Crippen molar-refractivity contribution in [3.63, 3.8) is 0 Å². The Morgan fingerprint density at radius 3 is 0.633 bits per heavy atom. The van der Waals surface area contributed by atoms with E-state index in [4.69, 9.17) is 0 Å². The van der Waals surface area contributed by atoms with Crippen LogP contribution < -0.4 is 0 Å². The quantitative estimate of drug-likeness (QED) is 0.227. The van der Waals surface area contributed by atoms with Crippen LogP contribution in [0, 0.1) is 0 Å². The molecule has 0 amide bonds. The first-order valence-electron chi connectivity index (χ1n) is 11.6. The second-order valence-corrected chi connectivity index (χ2v) is 5.95. The molecule has 5 aromatic carbocycles. The molecule has 5 aromatic rings. The van der Waals surface area contributed by atoms with E-state index in [2.05, 4.69) is 84.9 Å². The van der Waals surface area contributed by atoms with Gasteiger partial charge in [-0.05, 0) is 79.5 Å². The maximum Gasteiger partial charge on any atom is -0.0171 e. The Bertz CT molecular complexity index is 982. The van der Waals surface area contributed by atoms with Gasteiger partial charge in [-0.25, -0.2) is 0 Å². The molecule has 0 saturated heterocycles. The van der Waals surface area contributed by atoms with Gasteiger partial charge >= 0.3 is 0 Å². The molecule has 5 rings (SSSR count). The molecule has 0 N–H and O–H groups in total. The van der Waals surface area contributed by atoms with Gasteiger partial charge in [-0.2, -0.15) is 0 Å². The highest BCUT2D eigenvalue weighted by atomic mass is 14.1. The lowest BCUT2D eigenvalue weighted by Crippen LogP contribution is -1.80. The summed E-state index contributed by atoms with van der Waals surface area (Å²) in [6.45, 7) is 16.0. The third-order valence-corrected chi connectivity index (χ3v) is 4.52. The monoisotopic (exact) mass is 398 g/mol. The van der Waals surface area contributed by atoms with Crippen LogP contribution in [0.15, 0.2) is 84.9 Å². The summed E-state index contributed by atoms with van der Waals surface area (Å²) in [4.78, 5) is 0. The zero-order chi connectivity index (χ0) is 22.5. The Morgan fingerprint density at radius 1 is 0.267 bits per heavy atom. The van der Waals surface area contributed by atoms with Crippen LogP contribution in [0.1, 0.15) is 55.4 Å². The van der Waals surface area contributed by atoms with Crippen LogP contribution in [0.4, 0.5) is 0 Å². The Balaban J connectivity index is 0.000000509. The Kier molecular flexibility index (Phi) is 11.2. The van der Waals surface area contributed by atoms with Crippen LogP contribution in [0.2, 0.25) is 0 Å². The smallest absolute Gasteiger partial charge is 0.0171 e. The molecule has 0 heteroatoms. The second kappa shape index (κ2) is 13.4. The Labute approximate surface area is 183 Å². The fourth-order valence-corrected chi connectivity index (χ4v) is 3.39. The van der Waals surface area contributed by atoms with Crippen molar-refractivity contribution >= 4 is 43.1 Å². The summed E-state index contributed by atoms with van der Waals surface area (Å²) in [5.74, 6) is 0. The third kappa shape index (κ3) is 5.60. The topological polar surface area (TPSA) is 0 Å². The highest BCUT2D eigenvalue weighted by Crippen LogP contribution is 2.29. The predicted octanol–water partition coefficient (Wildman–Crippen LogP) is 10.4. The zero-order valence-electron chi connectivity index (χ0n) is 20.1. The number of fused-ring (bicyclic) bond motifs is 4. The maximum absolute atomic E-state index is 2.31. The molecule has 0 saturated carbocycles. The lowest BCUT2D eigenvalue weighted by atomic mass is 9.97. The largest absolute Gasteiger partial charge is 0.0683 e. The van der Waals surface area contributed by atoms with Gasteiger partial charge in [0.2, 0.25) is 0 Å². The Hall–Kier alpha value is -2.86. The molecule has 0 aliphatic carbocycles. The lowest BCUT2D eigenvalue weighted by Gasteiger charge is -2.07. The molecule has 0 aliphatic heterocycles. The summed E-state index contributed by atoms with van der Waals surface area (Å²) >= 11 is 0. The van der Waals surface area contributed by atoms with E-state index < -0.39 is 0 Å². The molecular weight excluding hydrogens is 360 g/mol. The van der Waals surface area contributed by atoms with Gasteiger partial charge in [0.15, 0.2) is 0 Å². The van der Waals surface area contributed by atoms with Crippen molar-refractivity contribution in [2.75, 3.05) is 0 Å². The minimum atomic E-state index is 1.30. The predicted molar refractivity (Wildman–Crippen MR) is 142 cm³/mol. The van der Waals surface area contributed by atoms with Crippen molar-refractivity contribution in [3.8, 4) is 0 Å². The van der Waals surface area contributed by atoms with E-state index in [1.807, 2.05) is 55.4 Å². The van der Waals surface area contributed by atoms with Gasteiger partial charge in [-0.15, -0.1) is 0 Å². The molecule has 0 heterocycles. The first kappa shape index (κ1) is 25.2. The number of rotatable bonds is 0. The van der Waals surface area contributed by atoms with E-state index >= 15 is 0 Å². The summed E-state index contributed by atoms with van der Waals surface area (Å²) in [6, 6.07) is 30.9. The van der Waals surface area contributed by atoms with Gasteiger partial charge in [-0.1, -0.05) is 104 Å². The van der Waals surface area contributed by atoms with Crippen LogP contribution in [-0.4, -0.2) is 0 Å². The zero-order valence-corrected chi connectivity index (χ0v) is 20.1. The third-order valence-electron chi connectivity index (χ3n) is 4.52. The number of benzene rings is 5. The molecule has 0 unspecified atom stereocenters. The summed E-state index contributed by atoms with van der Waals surface area (Å²) < 4.78 is 0. The SMILES string of the molecule is CC.CC.CC.CC.c1ccc2cc3cc4cc5ccccc5cc4cc3cc2c1. The molecule has 30 heavy (non-hydrogen) atoms. The first-order valence-corrected chi connectivity index (χ1v) is 11.6. The van der Waals surface area contributed by atoms with Crippen LogP contribution >= 0.6 is 0 Å². The van der Waals surface area contributed by atoms with E-state index in [9.17, 15) is 0 Å². The van der Waals surface area contributed by atoms with Crippen molar-refractivity contribution in [2.45, 2.75) is 55.4 Å². The second-order valence-electron chi connectivity index (χ2n) is 5.95. The molecular formula is C30H38. The lowest BCUT2D eigenvalue weighted by molar-refractivity contribution is 1.50. The summed E-state index contributed by atoms with van der Waals surface area (Å²) in [6.07, 6.45) is 0. The molecule has 0 aromatic heterocycles. The molecule has 0 spiro atoms. The standard InChI is InChI=1S/C22H14.4C2H6/c1-2-6-16-10-20-14-22-12-18-8-4-3-7-17(18)11-21(22)13-19(20)9-15(16)5-1;4*1-2/h1-14H;4*1-2H3. The van der Waals surface area contributed by atoms with E-state index in [0.29, 0.717) is 0 Å². The molecule has 158 valence electrons. The molecule has 0 fully saturated rings. The highest BCUT2D eigenvalue weighted by Gasteiger charge is 2.02. The number of hydrogen-bond donors (Lipinski definition) is 0. The fraction of sp³-hybridized carbons (Fsp3) is 0.267. The van der Waals surface area contributed by atoms with Gasteiger partial charge in [0.05, 0.1) is 0 Å². The molecule has 0 atom stereocenters. The minimum Gasteiger partial charge on any atom is -0.0683 e. The summed E-state index contributed by atoms with van der Waals surface area (Å²) in [5.41, 5.74) is 0. The van der Waals surface area contributed by atoms with Crippen LogP contribution in [0.5, 0.6) is 0 Å². The summed E-state index contributed by atoms with van der Waals surface area (Å²) in [5, 5.41) is 10.4. The van der Waals surface area contributed by atoms with Crippen LogP contribution in [0.3, 0.4) is 0 Å². The first-order chi connectivity index (χ1) is 14.9. The number of hydrogen-bond acceptors (Lipinski definition) is 0. The van der Waals surface area contributed by atoms with Crippen LogP contribution in [0.25, 0.3) is 43.1 Å². The summed E-state index contributed by atoms with van der Waals surface area (Å²) in [7, 11) is 0. The van der Waals surface area contributed by atoms with Gasteiger partial charge in [0.1, 0.15) is 0 Å². The van der Waals surface area contributed by atoms with Gasteiger partial charge in [-0.3, -0.25) is 0 Å². The van der Waals surface area contributed by atoms with Crippen molar-refractivity contribution in [2.24, 2.45) is 0 Å². The van der Waals surface area contributed by atoms with Gasteiger partial charge in [0.25, 0.3) is 0 Å². The molecule has 0 aliphatic rings. The maximum atomic E-state index is 2.31. The van der Waals surface area contributed by atoms with Crippen molar-refractivity contribution in [1.82, 2.24) is 0 Å². The molecule has 0 bridgehead atoms. The average molecular weight is 399 g/mol. The Morgan fingerprint density at radius 2 is 0.433 bits per heavy atom. The minimum absolute atomic E-state index is 1.30. The molecule has 0 nitrogen and oxygen atoms in total. The van der Waals surface area contributed by atoms with E-state index in [1.165, 1.54) is 43.1 Å². The van der Waals surface area contributed by atoms with E-state index in [0.717, 1.165) is 0 Å². The fourth-order valence-electron chi connectivity index (χ4n) is 3.39. The van der Waals surface area contributed by atoms with E-state index in [1.54, 1.807) is 0 Å². The average Bonchev–Trinajstić information content (AvgIpc) is 2.85. The van der Waals surface area contributed by atoms with Crippen LogP contribution in [-0.2, 0) is 0 Å². The highest BCUT2D eigenvalue weighted by molar-refractivity contribution is 6.08. The van der Waals surface area contributed by atoms with Crippen molar-refractivity contribution in [1.29, 1.82) is 0 Å². The van der Waals surface area contributed by atoms with Crippen molar-refractivity contribution < 1.29 is 0 Å². The van der Waals surface area contributed by atoms with Gasteiger partial charge in [0, 0.05) is 0 Å². The van der Waals surface area contributed by atoms with E-state index in [-0.39, 0.29) is 0 Å². The normalized spacial score (nSPS) is 9.33.